The summed E-state index contributed by atoms with van der Waals surface area (Å²) in [5, 5.41) is 10.2. The number of carboxylic acids is 1. The van der Waals surface area contributed by atoms with E-state index in [4.69, 9.17) is 9.52 Å². The minimum atomic E-state index is -0.752. The first-order chi connectivity index (χ1) is 11.6. The Kier molecular flexibility index (Phi) is 5.21. The molecule has 0 amide bonds. The van der Waals surface area contributed by atoms with Gasteiger partial charge < -0.3 is 9.52 Å². The van der Waals surface area contributed by atoms with Gasteiger partial charge in [-0.3, -0.25) is 14.6 Å². The molecule has 3 rings (SSSR count). The number of likely N-dealkylation sites (N-methyl/N-ethyl adjacent to an activating group) is 1. The highest BCUT2D eigenvalue weighted by Gasteiger charge is 2.25. The SMILES string of the molecule is CCc1oc2ccccc2c1CN1CCC(N(C)CC(=O)O)CC1. The molecule has 1 aromatic carbocycles. The van der Waals surface area contributed by atoms with E-state index in [2.05, 4.69) is 24.0 Å². The molecule has 0 radical (unpaired) electrons. The van der Waals surface area contributed by atoms with Crippen molar-refractivity contribution >= 4 is 16.9 Å². The van der Waals surface area contributed by atoms with Crippen LogP contribution < -0.4 is 0 Å². The summed E-state index contributed by atoms with van der Waals surface area (Å²) in [5.41, 5.74) is 2.28. The van der Waals surface area contributed by atoms with E-state index in [1.54, 1.807) is 0 Å². The molecule has 5 nitrogen and oxygen atoms in total. The van der Waals surface area contributed by atoms with E-state index in [-0.39, 0.29) is 6.54 Å². The van der Waals surface area contributed by atoms with Crippen LogP contribution in [-0.4, -0.2) is 53.6 Å². The van der Waals surface area contributed by atoms with Crippen LogP contribution in [0, 0.1) is 0 Å². The van der Waals surface area contributed by atoms with Crippen molar-refractivity contribution in [3.05, 3.63) is 35.6 Å². The molecule has 130 valence electrons. The van der Waals surface area contributed by atoms with E-state index in [0.717, 1.165) is 50.2 Å². The molecule has 5 heteroatoms. The third-order valence-corrected chi connectivity index (χ3v) is 5.05. The Bertz CT molecular complexity index is 702. The Labute approximate surface area is 142 Å². The van der Waals surface area contributed by atoms with Crippen molar-refractivity contribution in [1.29, 1.82) is 0 Å². The first kappa shape index (κ1) is 17.0. The van der Waals surface area contributed by atoms with Crippen LogP contribution in [0.5, 0.6) is 0 Å². The summed E-state index contributed by atoms with van der Waals surface area (Å²) in [5.74, 6) is 0.332. The van der Waals surface area contributed by atoms with Gasteiger partial charge in [0.25, 0.3) is 0 Å². The zero-order valence-corrected chi connectivity index (χ0v) is 14.5. The standard InChI is InChI=1S/C19H26N2O3/c1-3-17-16(15-6-4-5-7-18(15)24-17)12-21-10-8-14(9-11-21)20(2)13-19(22)23/h4-7,14H,3,8-13H2,1-2H3,(H,22,23). The van der Waals surface area contributed by atoms with Gasteiger partial charge in [0.05, 0.1) is 6.54 Å². The fourth-order valence-electron chi connectivity index (χ4n) is 3.69. The fourth-order valence-corrected chi connectivity index (χ4v) is 3.69. The van der Waals surface area contributed by atoms with E-state index in [1.807, 2.05) is 24.1 Å². The van der Waals surface area contributed by atoms with Crippen molar-refractivity contribution in [2.75, 3.05) is 26.7 Å². The summed E-state index contributed by atoms with van der Waals surface area (Å²) in [6, 6.07) is 8.61. The van der Waals surface area contributed by atoms with Gasteiger partial charge in [-0.05, 0) is 39.0 Å². The molecule has 1 aromatic heterocycles. The van der Waals surface area contributed by atoms with Crippen LogP contribution in [0.2, 0.25) is 0 Å². The number of furan rings is 1. The minimum absolute atomic E-state index is 0.122. The van der Waals surface area contributed by atoms with Gasteiger partial charge in [0, 0.05) is 30.0 Å². The third-order valence-electron chi connectivity index (χ3n) is 5.05. The Morgan fingerprint density at radius 2 is 2.04 bits per heavy atom. The molecule has 2 aromatic rings. The highest BCUT2D eigenvalue weighted by atomic mass is 16.4. The molecule has 0 aliphatic carbocycles. The van der Waals surface area contributed by atoms with Crippen molar-refractivity contribution in [3.8, 4) is 0 Å². The first-order valence-electron chi connectivity index (χ1n) is 8.72. The molecule has 0 spiro atoms. The third kappa shape index (κ3) is 3.62. The van der Waals surface area contributed by atoms with Crippen LogP contribution in [0.4, 0.5) is 0 Å². The second-order valence-electron chi connectivity index (χ2n) is 6.67. The number of nitrogens with zero attached hydrogens (tertiary/aromatic N) is 2. The molecule has 0 bridgehead atoms. The Morgan fingerprint density at radius 1 is 1.33 bits per heavy atom. The van der Waals surface area contributed by atoms with E-state index in [9.17, 15) is 4.79 Å². The first-order valence-corrected chi connectivity index (χ1v) is 8.72. The molecule has 0 unspecified atom stereocenters. The summed E-state index contributed by atoms with van der Waals surface area (Å²) in [4.78, 5) is 15.3. The Morgan fingerprint density at radius 3 is 2.71 bits per heavy atom. The second kappa shape index (κ2) is 7.36. The monoisotopic (exact) mass is 330 g/mol. The van der Waals surface area contributed by atoms with Crippen LogP contribution in [0.25, 0.3) is 11.0 Å². The fraction of sp³-hybridized carbons (Fsp3) is 0.526. The van der Waals surface area contributed by atoms with Crippen LogP contribution in [0.15, 0.2) is 28.7 Å². The summed E-state index contributed by atoms with van der Waals surface area (Å²) >= 11 is 0. The molecule has 1 aliphatic rings. The number of piperidine rings is 1. The van der Waals surface area contributed by atoms with Crippen molar-refractivity contribution in [1.82, 2.24) is 9.80 Å². The second-order valence-corrected chi connectivity index (χ2v) is 6.67. The Hall–Kier alpha value is -1.85. The number of para-hydroxylation sites is 1. The summed E-state index contributed by atoms with van der Waals surface area (Å²) in [6.45, 7) is 5.16. The Balaban J connectivity index is 1.65. The topological polar surface area (TPSA) is 56.9 Å². The van der Waals surface area contributed by atoms with Crippen molar-refractivity contribution in [2.45, 2.75) is 38.8 Å². The highest BCUT2D eigenvalue weighted by Crippen LogP contribution is 2.28. The van der Waals surface area contributed by atoms with Crippen molar-refractivity contribution in [3.63, 3.8) is 0 Å². The molecule has 0 saturated carbocycles. The lowest BCUT2D eigenvalue weighted by molar-refractivity contribution is -0.138. The number of aliphatic carboxylic acids is 1. The largest absolute Gasteiger partial charge is 0.480 e. The lowest BCUT2D eigenvalue weighted by atomic mass is 10.0. The van der Waals surface area contributed by atoms with Gasteiger partial charge in [0.15, 0.2) is 0 Å². The zero-order chi connectivity index (χ0) is 17.1. The van der Waals surface area contributed by atoms with Gasteiger partial charge >= 0.3 is 5.97 Å². The average molecular weight is 330 g/mol. The van der Waals surface area contributed by atoms with E-state index in [0.29, 0.717) is 6.04 Å². The predicted molar refractivity (Wildman–Crippen MR) is 94.2 cm³/mol. The van der Waals surface area contributed by atoms with Gasteiger partial charge in [-0.25, -0.2) is 0 Å². The molecule has 24 heavy (non-hydrogen) atoms. The molecule has 2 heterocycles. The molecule has 1 fully saturated rings. The summed E-state index contributed by atoms with van der Waals surface area (Å²) < 4.78 is 5.99. The number of aryl methyl sites for hydroxylation is 1. The molecule has 0 atom stereocenters. The molecule has 1 N–H and O–H groups in total. The number of carboxylic acid groups (broad SMARTS) is 1. The van der Waals surface area contributed by atoms with E-state index in [1.165, 1.54) is 10.9 Å². The molecular weight excluding hydrogens is 304 g/mol. The van der Waals surface area contributed by atoms with Gasteiger partial charge in [-0.1, -0.05) is 25.1 Å². The quantitative estimate of drug-likeness (QED) is 0.882. The number of carbonyl (C=O) groups is 1. The van der Waals surface area contributed by atoms with Gasteiger partial charge in [0.2, 0.25) is 0 Å². The maximum atomic E-state index is 10.9. The maximum absolute atomic E-state index is 10.9. The summed E-state index contributed by atoms with van der Waals surface area (Å²) in [6.07, 6.45) is 2.93. The predicted octanol–water partition coefficient (Wildman–Crippen LogP) is 2.98. The number of benzene rings is 1. The molecule has 1 saturated heterocycles. The maximum Gasteiger partial charge on any atom is 0.317 e. The number of hydrogen-bond donors (Lipinski definition) is 1. The number of fused-ring (bicyclic) bond motifs is 1. The molecular formula is C19H26N2O3. The van der Waals surface area contributed by atoms with Crippen molar-refractivity contribution < 1.29 is 14.3 Å². The van der Waals surface area contributed by atoms with E-state index >= 15 is 0 Å². The zero-order valence-electron chi connectivity index (χ0n) is 14.5. The minimum Gasteiger partial charge on any atom is -0.480 e. The lowest BCUT2D eigenvalue weighted by Crippen LogP contribution is -2.44. The van der Waals surface area contributed by atoms with Gasteiger partial charge in [0.1, 0.15) is 11.3 Å². The summed E-state index contributed by atoms with van der Waals surface area (Å²) in [7, 11) is 1.91. The molecule has 1 aliphatic heterocycles. The van der Waals surface area contributed by atoms with Crippen LogP contribution in [0.3, 0.4) is 0 Å². The number of likely N-dealkylation sites (tertiary alicyclic amines) is 1. The number of hydrogen-bond acceptors (Lipinski definition) is 4. The van der Waals surface area contributed by atoms with Crippen LogP contribution >= 0.6 is 0 Å². The van der Waals surface area contributed by atoms with Crippen LogP contribution in [-0.2, 0) is 17.8 Å². The highest BCUT2D eigenvalue weighted by molar-refractivity contribution is 5.82. The normalized spacial score (nSPS) is 17.0. The van der Waals surface area contributed by atoms with Gasteiger partial charge in [-0.15, -0.1) is 0 Å². The lowest BCUT2D eigenvalue weighted by Gasteiger charge is -2.36. The van der Waals surface area contributed by atoms with Crippen LogP contribution in [0.1, 0.15) is 31.1 Å². The van der Waals surface area contributed by atoms with Crippen molar-refractivity contribution in [2.24, 2.45) is 0 Å². The van der Waals surface area contributed by atoms with Gasteiger partial charge in [-0.2, -0.15) is 0 Å². The smallest absolute Gasteiger partial charge is 0.317 e. The number of rotatable bonds is 6. The average Bonchev–Trinajstić information content (AvgIpc) is 2.93. The van der Waals surface area contributed by atoms with E-state index < -0.39 is 5.97 Å².